The van der Waals surface area contributed by atoms with Crippen molar-refractivity contribution in [3.8, 4) is 17.0 Å². The fourth-order valence-electron chi connectivity index (χ4n) is 3.10. The molecule has 2 aromatic heterocycles. The second-order valence-electron chi connectivity index (χ2n) is 6.93. The van der Waals surface area contributed by atoms with Crippen LogP contribution in [0, 0.1) is 5.82 Å². The molecule has 1 atom stereocenters. The Labute approximate surface area is 178 Å². The van der Waals surface area contributed by atoms with Crippen molar-refractivity contribution in [3.05, 3.63) is 72.0 Å². The van der Waals surface area contributed by atoms with E-state index in [1.165, 1.54) is 12.1 Å². The molecule has 0 fully saturated rings. The summed E-state index contributed by atoms with van der Waals surface area (Å²) < 4.78 is 18.3. The number of halogens is 1. The van der Waals surface area contributed by atoms with Gasteiger partial charge in [-0.1, -0.05) is 12.1 Å². The Morgan fingerprint density at radius 1 is 0.968 bits per heavy atom. The summed E-state index contributed by atoms with van der Waals surface area (Å²) in [6.07, 6.45) is 0. The number of benzene rings is 2. The zero-order valence-corrected chi connectivity index (χ0v) is 17.1. The Kier molecular flexibility index (Phi) is 5.65. The van der Waals surface area contributed by atoms with Crippen molar-refractivity contribution < 1.29 is 9.13 Å². The second-order valence-corrected chi connectivity index (χ2v) is 6.93. The van der Waals surface area contributed by atoms with E-state index >= 15 is 0 Å². The molecule has 0 saturated carbocycles. The van der Waals surface area contributed by atoms with Crippen LogP contribution in [0.5, 0.6) is 5.75 Å². The summed E-state index contributed by atoms with van der Waals surface area (Å²) >= 11 is 0. The standard InChI is InChI=1S/C22H22FN7O/c1-13(14-3-7-16(23)8-4-14)25-19-12-20(28-22(24)27-19)26-21-11-18(29-30-21)15-5-9-17(31-2)10-6-15/h3-13H,1-2H3,(H5,24,25,26,27,28,29,30). The molecule has 4 aromatic rings. The molecular formula is C22H22FN7O. The summed E-state index contributed by atoms with van der Waals surface area (Å²) in [7, 11) is 1.63. The van der Waals surface area contributed by atoms with Crippen molar-refractivity contribution in [1.82, 2.24) is 20.2 Å². The number of nitrogens with one attached hydrogen (secondary N) is 3. The van der Waals surface area contributed by atoms with Gasteiger partial charge in [0.05, 0.1) is 12.8 Å². The molecule has 2 aromatic carbocycles. The molecule has 0 radical (unpaired) electrons. The maximum Gasteiger partial charge on any atom is 0.223 e. The predicted octanol–water partition coefficient (Wildman–Crippen LogP) is 4.51. The molecule has 158 valence electrons. The van der Waals surface area contributed by atoms with Gasteiger partial charge in [0.2, 0.25) is 5.95 Å². The third-order valence-corrected chi connectivity index (χ3v) is 4.71. The lowest BCUT2D eigenvalue weighted by molar-refractivity contribution is 0.415. The van der Waals surface area contributed by atoms with E-state index in [4.69, 9.17) is 10.5 Å². The fraction of sp³-hybridized carbons (Fsp3) is 0.136. The van der Waals surface area contributed by atoms with Crippen molar-refractivity contribution in [2.24, 2.45) is 0 Å². The SMILES string of the molecule is COc1ccc(-c2cc(Nc3cc(NC(C)c4ccc(F)cc4)nc(N)n3)n[nH]2)cc1. The first-order valence-electron chi connectivity index (χ1n) is 9.63. The molecule has 0 aliphatic heterocycles. The Morgan fingerprint density at radius 3 is 2.39 bits per heavy atom. The third-order valence-electron chi connectivity index (χ3n) is 4.71. The molecule has 0 aliphatic rings. The van der Waals surface area contributed by atoms with Crippen LogP contribution in [0.2, 0.25) is 0 Å². The molecular weight excluding hydrogens is 397 g/mol. The normalized spacial score (nSPS) is 11.7. The molecule has 2 heterocycles. The van der Waals surface area contributed by atoms with Crippen LogP contribution in [0.4, 0.5) is 27.8 Å². The lowest BCUT2D eigenvalue weighted by Crippen LogP contribution is -2.10. The van der Waals surface area contributed by atoms with Gasteiger partial charge in [0.1, 0.15) is 23.2 Å². The number of aromatic amines is 1. The van der Waals surface area contributed by atoms with Gasteiger partial charge in [0, 0.05) is 18.2 Å². The zero-order chi connectivity index (χ0) is 21.8. The second kappa shape index (κ2) is 8.70. The number of H-pyrrole nitrogens is 1. The van der Waals surface area contributed by atoms with Crippen LogP contribution in [0.15, 0.2) is 60.7 Å². The smallest absolute Gasteiger partial charge is 0.223 e. The first-order chi connectivity index (χ1) is 15.0. The van der Waals surface area contributed by atoms with E-state index in [1.54, 1.807) is 25.3 Å². The molecule has 0 aliphatic carbocycles. The highest BCUT2D eigenvalue weighted by atomic mass is 19.1. The number of anilines is 4. The number of ether oxygens (including phenoxy) is 1. The lowest BCUT2D eigenvalue weighted by atomic mass is 10.1. The van der Waals surface area contributed by atoms with Gasteiger partial charge in [-0.05, 0) is 54.4 Å². The summed E-state index contributed by atoms with van der Waals surface area (Å²) in [4.78, 5) is 8.45. The average Bonchev–Trinajstić information content (AvgIpc) is 3.22. The van der Waals surface area contributed by atoms with Crippen molar-refractivity contribution in [1.29, 1.82) is 0 Å². The molecule has 5 N–H and O–H groups in total. The molecule has 9 heteroatoms. The van der Waals surface area contributed by atoms with Crippen molar-refractivity contribution >= 4 is 23.4 Å². The maximum absolute atomic E-state index is 13.2. The van der Waals surface area contributed by atoms with Crippen molar-refractivity contribution in [3.63, 3.8) is 0 Å². The van der Waals surface area contributed by atoms with Gasteiger partial charge in [-0.25, -0.2) is 4.39 Å². The third kappa shape index (κ3) is 4.89. The Morgan fingerprint density at radius 2 is 1.68 bits per heavy atom. The first-order valence-corrected chi connectivity index (χ1v) is 9.63. The van der Waals surface area contributed by atoms with Crippen molar-refractivity contribution in [2.45, 2.75) is 13.0 Å². The number of nitrogens with zero attached hydrogens (tertiary/aromatic N) is 3. The van der Waals surface area contributed by atoms with Gasteiger partial charge < -0.3 is 21.1 Å². The minimum atomic E-state index is -0.276. The summed E-state index contributed by atoms with van der Waals surface area (Å²) in [6, 6.07) is 17.4. The number of hydrogen-bond donors (Lipinski definition) is 4. The molecule has 0 spiro atoms. The van der Waals surface area contributed by atoms with E-state index < -0.39 is 0 Å². The number of methoxy groups -OCH3 is 1. The zero-order valence-electron chi connectivity index (χ0n) is 17.1. The molecule has 0 bridgehead atoms. The summed E-state index contributed by atoms with van der Waals surface area (Å²) in [5.41, 5.74) is 8.61. The highest BCUT2D eigenvalue weighted by molar-refractivity contribution is 5.66. The summed E-state index contributed by atoms with van der Waals surface area (Å²) in [5, 5.41) is 13.7. The summed E-state index contributed by atoms with van der Waals surface area (Å²) in [5.74, 6) is 2.24. The van der Waals surface area contributed by atoms with Crippen LogP contribution < -0.4 is 21.1 Å². The minimum Gasteiger partial charge on any atom is -0.497 e. The maximum atomic E-state index is 13.2. The first kappa shape index (κ1) is 20.1. The van der Waals surface area contributed by atoms with Crippen LogP contribution in [0.1, 0.15) is 18.5 Å². The predicted molar refractivity (Wildman–Crippen MR) is 119 cm³/mol. The summed E-state index contributed by atoms with van der Waals surface area (Å²) in [6.45, 7) is 1.95. The Balaban J connectivity index is 1.48. The van der Waals surface area contributed by atoms with E-state index in [-0.39, 0.29) is 17.8 Å². The molecule has 0 saturated heterocycles. The Bertz CT molecular complexity index is 1160. The average molecular weight is 419 g/mol. The van der Waals surface area contributed by atoms with Gasteiger partial charge >= 0.3 is 0 Å². The number of nitrogens with two attached hydrogens (primary N) is 1. The molecule has 31 heavy (non-hydrogen) atoms. The highest BCUT2D eigenvalue weighted by Crippen LogP contribution is 2.25. The van der Waals surface area contributed by atoms with Gasteiger partial charge in [0.15, 0.2) is 5.82 Å². The van der Waals surface area contributed by atoms with Gasteiger partial charge in [0.25, 0.3) is 0 Å². The topological polar surface area (TPSA) is 114 Å². The van der Waals surface area contributed by atoms with E-state index in [0.29, 0.717) is 17.5 Å². The van der Waals surface area contributed by atoms with Crippen molar-refractivity contribution in [2.75, 3.05) is 23.5 Å². The lowest BCUT2D eigenvalue weighted by Gasteiger charge is -2.16. The highest BCUT2D eigenvalue weighted by Gasteiger charge is 2.10. The number of aromatic nitrogens is 4. The quantitative estimate of drug-likeness (QED) is 0.348. The van der Waals surface area contributed by atoms with Crippen LogP contribution in [-0.4, -0.2) is 27.3 Å². The molecule has 8 nitrogen and oxygen atoms in total. The van der Waals surface area contributed by atoms with Gasteiger partial charge in [-0.2, -0.15) is 15.1 Å². The van der Waals surface area contributed by atoms with E-state index in [2.05, 4.69) is 30.8 Å². The number of hydrogen-bond acceptors (Lipinski definition) is 7. The fourth-order valence-corrected chi connectivity index (χ4v) is 3.10. The number of nitrogen functional groups attached to an aromatic ring is 1. The largest absolute Gasteiger partial charge is 0.497 e. The van der Waals surface area contributed by atoms with Crippen LogP contribution in [0.3, 0.4) is 0 Å². The van der Waals surface area contributed by atoms with E-state index in [9.17, 15) is 4.39 Å². The number of rotatable bonds is 7. The van der Waals surface area contributed by atoms with Gasteiger partial charge in [-0.15, -0.1) is 0 Å². The monoisotopic (exact) mass is 419 g/mol. The minimum absolute atomic E-state index is 0.102. The molecule has 1 unspecified atom stereocenters. The van der Waals surface area contributed by atoms with Crippen LogP contribution in [-0.2, 0) is 0 Å². The molecule has 4 rings (SSSR count). The molecule has 0 amide bonds. The van der Waals surface area contributed by atoms with E-state index in [1.807, 2.05) is 37.3 Å². The van der Waals surface area contributed by atoms with Crippen LogP contribution in [0.25, 0.3) is 11.3 Å². The Hall–Kier alpha value is -4.14. The van der Waals surface area contributed by atoms with Gasteiger partial charge in [-0.3, -0.25) is 5.10 Å². The van der Waals surface area contributed by atoms with Crippen LogP contribution >= 0.6 is 0 Å². The van der Waals surface area contributed by atoms with E-state index in [0.717, 1.165) is 22.6 Å².